The highest BCUT2D eigenvalue weighted by Gasteiger charge is 2.57. The first kappa shape index (κ1) is 28.3. The number of hydrazine groups is 2. The number of nitrogen functional groups attached to an aromatic ring is 1. The molecule has 0 bridgehead atoms. The monoisotopic (exact) mass is 607 g/mol. The fraction of sp³-hybridized carbons (Fsp3) is 0.478. The first-order valence-corrected chi connectivity index (χ1v) is 15.4. The number of thiazole rings is 1. The van der Waals surface area contributed by atoms with Crippen molar-refractivity contribution in [3.8, 4) is 0 Å². The number of fused-ring (bicyclic) bond motifs is 1. The largest absolute Gasteiger partial charge is 0.481 e. The number of carboxylic acids is 1. The standard InChI is InChI=1S/C23H29N9O5S3/c1-2-8-30-13-25-32(29-30)40-12-23(21(35)36)10-31-19(34)17(20(31)39-11-23)27-18(33)16(15-9-38-22(24)26-15)28-37-14-6-4-3-5-7-14/h2,4,6,9,13-14,17,20,29H,1,3,5,7-8,10-12H2,(H2,24,26)(H,27,33)(H,35,36)/t14?,17?,20-,23?/m1/s1. The first-order chi connectivity index (χ1) is 19.3. The van der Waals surface area contributed by atoms with Crippen molar-refractivity contribution in [1.29, 1.82) is 0 Å². The second kappa shape index (κ2) is 12.1. The van der Waals surface area contributed by atoms with E-state index < -0.39 is 28.7 Å². The number of rotatable bonds is 11. The van der Waals surface area contributed by atoms with Crippen LogP contribution in [0.25, 0.3) is 0 Å². The molecule has 1 aromatic heterocycles. The van der Waals surface area contributed by atoms with Crippen LogP contribution in [0.4, 0.5) is 5.13 Å². The number of hydrogen-bond donors (Lipinski definition) is 4. The molecule has 5 rings (SSSR count). The molecule has 0 saturated carbocycles. The molecule has 1 aliphatic carbocycles. The van der Waals surface area contributed by atoms with Crippen molar-refractivity contribution in [2.45, 2.75) is 36.8 Å². The highest BCUT2D eigenvalue weighted by Crippen LogP contribution is 2.44. The molecule has 0 spiro atoms. The summed E-state index contributed by atoms with van der Waals surface area (Å²) in [6.07, 6.45) is 9.65. The summed E-state index contributed by atoms with van der Waals surface area (Å²) in [4.78, 5) is 50.0. The Kier molecular flexibility index (Phi) is 8.53. The molecule has 40 heavy (non-hydrogen) atoms. The summed E-state index contributed by atoms with van der Waals surface area (Å²) in [7, 11) is 0. The minimum atomic E-state index is -1.19. The van der Waals surface area contributed by atoms with Crippen LogP contribution in [-0.2, 0) is 19.2 Å². The van der Waals surface area contributed by atoms with Gasteiger partial charge in [-0.15, -0.1) is 44.8 Å². The van der Waals surface area contributed by atoms with Gasteiger partial charge in [-0.25, -0.2) is 4.98 Å². The number of hydrogen-bond acceptors (Lipinski definition) is 14. The lowest BCUT2D eigenvalue weighted by atomic mass is 9.89. The Balaban J connectivity index is 1.22. The number of carbonyl (C=O) groups excluding carboxylic acids is 2. The number of hydrazone groups is 1. The number of β-lactam (4-membered cyclic amide) rings is 1. The number of carboxylic acid groups (broad SMARTS) is 1. The average Bonchev–Trinajstić information content (AvgIpc) is 3.60. The van der Waals surface area contributed by atoms with Crippen LogP contribution in [0.2, 0.25) is 0 Å². The van der Waals surface area contributed by atoms with Gasteiger partial charge in [0.1, 0.15) is 35.0 Å². The van der Waals surface area contributed by atoms with Gasteiger partial charge >= 0.3 is 5.97 Å². The van der Waals surface area contributed by atoms with E-state index in [4.69, 9.17) is 10.6 Å². The number of amides is 2. The van der Waals surface area contributed by atoms with Gasteiger partial charge in [-0.1, -0.05) is 17.3 Å². The number of nitrogens with zero attached hydrogens (tertiary/aromatic N) is 6. The molecule has 4 heterocycles. The number of allylic oxidation sites excluding steroid dienone is 1. The molecule has 214 valence electrons. The molecule has 0 aromatic carbocycles. The number of anilines is 1. The second-order valence-corrected chi connectivity index (χ2v) is 12.4. The fourth-order valence-electron chi connectivity index (χ4n) is 4.45. The van der Waals surface area contributed by atoms with Crippen LogP contribution in [0.1, 0.15) is 25.0 Å². The Hall–Kier alpha value is -3.28. The smallest absolute Gasteiger partial charge is 0.313 e. The van der Waals surface area contributed by atoms with Crippen molar-refractivity contribution < 1.29 is 24.3 Å². The van der Waals surface area contributed by atoms with Crippen molar-refractivity contribution in [3.05, 3.63) is 35.9 Å². The van der Waals surface area contributed by atoms with Crippen molar-refractivity contribution in [2.24, 2.45) is 15.7 Å². The van der Waals surface area contributed by atoms with Crippen LogP contribution in [0.5, 0.6) is 0 Å². The molecule has 5 N–H and O–H groups in total. The van der Waals surface area contributed by atoms with E-state index in [1.165, 1.54) is 33.1 Å². The summed E-state index contributed by atoms with van der Waals surface area (Å²) >= 11 is 3.69. The summed E-state index contributed by atoms with van der Waals surface area (Å²) in [6, 6.07) is -0.829. The van der Waals surface area contributed by atoms with Gasteiger partial charge in [-0.05, 0) is 37.3 Å². The van der Waals surface area contributed by atoms with Crippen LogP contribution in [0.3, 0.4) is 0 Å². The van der Waals surface area contributed by atoms with E-state index >= 15 is 0 Å². The molecule has 2 amide bonds. The van der Waals surface area contributed by atoms with E-state index in [1.807, 2.05) is 12.2 Å². The van der Waals surface area contributed by atoms with Gasteiger partial charge in [0.2, 0.25) is 5.91 Å². The molecule has 3 unspecified atom stereocenters. The van der Waals surface area contributed by atoms with Crippen LogP contribution in [0, 0.1) is 5.41 Å². The molecule has 14 nitrogen and oxygen atoms in total. The molecule has 17 heteroatoms. The third kappa shape index (κ3) is 5.91. The van der Waals surface area contributed by atoms with Gasteiger partial charge in [-0.3, -0.25) is 19.4 Å². The van der Waals surface area contributed by atoms with Crippen LogP contribution < -0.4 is 16.6 Å². The normalized spacial score (nSPS) is 27.8. The predicted molar refractivity (Wildman–Crippen MR) is 154 cm³/mol. The third-order valence-corrected chi connectivity index (χ3v) is 10.0. The molecule has 1 aromatic rings. The fourth-order valence-corrected chi connectivity index (χ4v) is 7.63. The molecule has 0 radical (unpaired) electrons. The molecule has 4 atom stereocenters. The second-order valence-electron chi connectivity index (χ2n) is 9.54. The van der Waals surface area contributed by atoms with E-state index in [-0.39, 0.29) is 46.6 Å². The lowest BCUT2D eigenvalue weighted by Gasteiger charge is -2.53. The van der Waals surface area contributed by atoms with Crippen molar-refractivity contribution in [2.75, 3.05) is 30.3 Å². The zero-order valence-corrected chi connectivity index (χ0v) is 23.8. The minimum absolute atomic E-state index is 0.0207. The van der Waals surface area contributed by atoms with Gasteiger partial charge < -0.3 is 25.9 Å². The van der Waals surface area contributed by atoms with E-state index in [2.05, 4.69) is 32.7 Å². The number of nitrogens with one attached hydrogen (secondary N) is 2. The van der Waals surface area contributed by atoms with Crippen molar-refractivity contribution >= 4 is 70.0 Å². The van der Waals surface area contributed by atoms with Gasteiger partial charge in [0, 0.05) is 23.4 Å². The minimum Gasteiger partial charge on any atom is -0.481 e. The van der Waals surface area contributed by atoms with Gasteiger partial charge in [0.05, 0.1) is 6.54 Å². The zero-order valence-electron chi connectivity index (χ0n) is 21.3. The van der Waals surface area contributed by atoms with E-state index in [1.54, 1.807) is 22.8 Å². The predicted octanol–water partition coefficient (Wildman–Crippen LogP) is 0.840. The maximum Gasteiger partial charge on any atom is 0.313 e. The Labute approximate surface area is 242 Å². The molecule has 4 aliphatic rings. The number of oxime groups is 1. The van der Waals surface area contributed by atoms with E-state index in [0.29, 0.717) is 6.54 Å². The molecule has 2 fully saturated rings. The lowest BCUT2D eigenvalue weighted by molar-refractivity contribution is -0.157. The van der Waals surface area contributed by atoms with Crippen LogP contribution >= 0.6 is 35.0 Å². The topological polar surface area (TPSA) is 178 Å². The number of nitrogens with two attached hydrogens (primary N) is 1. The Morgan fingerprint density at radius 3 is 3.02 bits per heavy atom. The van der Waals surface area contributed by atoms with Crippen LogP contribution in [-0.4, -0.2) is 96.5 Å². The highest BCUT2D eigenvalue weighted by atomic mass is 32.2. The van der Waals surface area contributed by atoms with Crippen LogP contribution in [0.15, 0.2) is 40.4 Å². The van der Waals surface area contributed by atoms with Crippen molar-refractivity contribution in [1.82, 2.24) is 30.3 Å². The number of aromatic nitrogens is 1. The molecular weight excluding hydrogens is 579 g/mol. The molecule has 2 saturated heterocycles. The van der Waals surface area contributed by atoms with Gasteiger partial charge in [0.15, 0.2) is 10.8 Å². The first-order valence-electron chi connectivity index (χ1n) is 12.5. The highest BCUT2D eigenvalue weighted by molar-refractivity contribution is 8.00. The summed E-state index contributed by atoms with van der Waals surface area (Å²) in [5.74, 6) is -1.53. The SMILES string of the molecule is C=CCN1C=NN(SCC2(C(=O)O)CS[C@@H]3C(NC(=O)C(=NOC4C=CCCC4)c4csc(N)n4)C(=O)N3C2)N1. The van der Waals surface area contributed by atoms with E-state index in [9.17, 15) is 19.5 Å². The summed E-state index contributed by atoms with van der Waals surface area (Å²) < 4.78 is 1.48. The third-order valence-electron chi connectivity index (χ3n) is 6.65. The average molecular weight is 608 g/mol. The lowest BCUT2D eigenvalue weighted by Crippen LogP contribution is -2.74. The molecule has 3 aliphatic heterocycles. The zero-order chi connectivity index (χ0) is 28.3. The maximum atomic E-state index is 13.3. The Morgan fingerprint density at radius 1 is 1.48 bits per heavy atom. The van der Waals surface area contributed by atoms with E-state index in [0.717, 1.165) is 30.6 Å². The Bertz CT molecular complexity index is 1260. The number of aliphatic carboxylic acids is 1. The summed E-state index contributed by atoms with van der Waals surface area (Å²) in [5, 5.41) is 24.3. The molecular formula is C23H29N9O5S3. The van der Waals surface area contributed by atoms with Gasteiger partial charge in [0.25, 0.3) is 5.91 Å². The Morgan fingerprint density at radius 2 is 2.33 bits per heavy atom. The number of thioether (sulfide) groups is 1. The maximum absolute atomic E-state index is 13.3. The summed E-state index contributed by atoms with van der Waals surface area (Å²) in [6.45, 7) is 4.23. The van der Waals surface area contributed by atoms with Crippen molar-refractivity contribution in [3.63, 3.8) is 0 Å². The number of carbonyl (C=O) groups is 3. The van der Waals surface area contributed by atoms with Gasteiger partial charge in [-0.2, -0.15) is 0 Å². The quantitative estimate of drug-likeness (QED) is 0.0918. The summed E-state index contributed by atoms with van der Waals surface area (Å²) in [5.41, 5.74) is 7.76.